The van der Waals surface area contributed by atoms with Gasteiger partial charge in [0.05, 0.1) is 6.04 Å². The highest BCUT2D eigenvalue weighted by molar-refractivity contribution is 5.89. The first-order valence-corrected chi connectivity index (χ1v) is 7.56. The van der Waals surface area contributed by atoms with Crippen molar-refractivity contribution >= 4 is 11.9 Å². The molecular weight excluding hydrogens is 256 g/mol. The molecule has 0 spiro atoms. The van der Waals surface area contributed by atoms with Crippen LogP contribution in [-0.4, -0.2) is 28.7 Å². The molecule has 5 N–H and O–H groups in total. The molecule has 1 atom stereocenters. The Bertz CT molecular complexity index is 400. The summed E-state index contributed by atoms with van der Waals surface area (Å²) in [5.41, 5.74) is 5.47. The predicted octanol–water partition coefficient (Wildman–Crippen LogP) is 1.39. The average Bonchev–Trinajstić information content (AvgIpc) is 2.34. The topological polar surface area (TPSA) is 99.7 Å². The molecular formula is C14H24N4O2. The summed E-state index contributed by atoms with van der Waals surface area (Å²) in [6, 6.07) is -0.667. The molecule has 112 valence electrons. The van der Waals surface area contributed by atoms with Crippen LogP contribution >= 0.6 is 0 Å². The number of nitrogens with one attached hydrogen (secondary N) is 2. The van der Waals surface area contributed by atoms with Gasteiger partial charge >= 0.3 is 6.03 Å². The van der Waals surface area contributed by atoms with Crippen molar-refractivity contribution in [3.05, 3.63) is 0 Å². The lowest BCUT2D eigenvalue weighted by Gasteiger charge is -2.56. The SMILES string of the molecule is CC(NC(=O)NC12CC3CC(CC(C3)C1)C2)/C(N)=N/O. The van der Waals surface area contributed by atoms with Gasteiger partial charge in [-0.3, -0.25) is 0 Å². The van der Waals surface area contributed by atoms with Crippen LogP contribution in [-0.2, 0) is 0 Å². The summed E-state index contributed by atoms with van der Waals surface area (Å²) in [4.78, 5) is 12.1. The molecule has 6 heteroatoms. The first-order chi connectivity index (χ1) is 9.49. The summed E-state index contributed by atoms with van der Waals surface area (Å²) in [5.74, 6) is 2.40. The first-order valence-electron chi connectivity index (χ1n) is 7.56. The molecule has 0 aliphatic heterocycles. The van der Waals surface area contributed by atoms with Crippen LogP contribution in [0, 0.1) is 17.8 Å². The van der Waals surface area contributed by atoms with Crippen molar-refractivity contribution in [1.29, 1.82) is 0 Å². The van der Waals surface area contributed by atoms with E-state index in [2.05, 4.69) is 15.8 Å². The lowest BCUT2D eigenvalue weighted by molar-refractivity contribution is -0.0135. The van der Waals surface area contributed by atoms with Gasteiger partial charge in [-0.25, -0.2) is 4.79 Å². The minimum atomic E-state index is -0.464. The highest BCUT2D eigenvalue weighted by Gasteiger charge is 2.51. The van der Waals surface area contributed by atoms with Crippen molar-refractivity contribution in [1.82, 2.24) is 10.6 Å². The van der Waals surface area contributed by atoms with E-state index in [1.807, 2.05) is 0 Å². The van der Waals surface area contributed by atoms with Crippen LogP contribution in [0.4, 0.5) is 4.79 Å². The van der Waals surface area contributed by atoms with Gasteiger partial charge in [-0.05, 0) is 63.2 Å². The third-order valence-electron chi connectivity index (χ3n) is 5.32. The number of amidine groups is 1. The minimum absolute atomic E-state index is 0.0102. The van der Waals surface area contributed by atoms with Crippen LogP contribution in [0.3, 0.4) is 0 Å². The van der Waals surface area contributed by atoms with Crippen LogP contribution in [0.5, 0.6) is 0 Å². The summed E-state index contributed by atoms with van der Waals surface area (Å²) < 4.78 is 0. The Kier molecular flexibility index (Phi) is 3.26. The molecule has 0 radical (unpaired) electrons. The number of oxime groups is 1. The fraction of sp³-hybridized carbons (Fsp3) is 0.857. The maximum atomic E-state index is 12.1. The number of carbonyl (C=O) groups excluding carboxylic acids is 1. The van der Waals surface area contributed by atoms with Crippen LogP contribution in [0.2, 0.25) is 0 Å². The van der Waals surface area contributed by atoms with Gasteiger partial charge in [-0.1, -0.05) is 5.16 Å². The Balaban J connectivity index is 1.61. The van der Waals surface area contributed by atoms with Gasteiger partial charge in [0.2, 0.25) is 0 Å². The van der Waals surface area contributed by atoms with Crippen LogP contribution in [0.25, 0.3) is 0 Å². The van der Waals surface area contributed by atoms with Crippen LogP contribution in [0.15, 0.2) is 5.16 Å². The predicted molar refractivity (Wildman–Crippen MR) is 75.4 cm³/mol. The molecule has 0 saturated heterocycles. The van der Waals surface area contributed by atoms with E-state index in [-0.39, 0.29) is 17.4 Å². The highest BCUT2D eigenvalue weighted by atomic mass is 16.4. The van der Waals surface area contributed by atoms with Crippen molar-refractivity contribution in [2.24, 2.45) is 28.6 Å². The average molecular weight is 280 g/mol. The Labute approximate surface area is 119 Å². The second kappa shape index (κ2) is 4.82. The molecule has 4 aliphatic rings. The van der Waals surface area contributed by atoms with E-state index in [9.17, 15) is 4.79 Å². The molecule has 4 saturated carbocycles. The van der Waals surface area contributed by atoms with E-state index in [0.717, 1.165) is 37.0 Å². The number of rotatable bonds is 3. The summed E-state index contributed by atoms with van der Waals surface area (Å²) in [6.45, 7) is 1.70. The maximum Gasteiger partial charge on any atom is 0.315 e. The van der Waals surface area contributed by atoms with E-state index in [0.29, 0.717) is 0 Å². The van der Waals surface area contributed by atoms with Gasteiger partial charge in [0.25, 0.3) is 0 Å². The summed E-state index contributed by atoms with van der Waals surface area (Å²) in [6.07, 6.45) is 7.40. The van der Waals surface area contributed by atoms with Gasteiger partial charge in [-0.2, -0.15) is 0 Å². The van der Waals surface area contributed by atoms with Crippen molar-refractivity contribution in [3.8, 4) is 0 Å². The van der Waals surface area contributed by atoms with Gasteiger partial charge < -0.3 is 21.6 Å². The number of hydrogen-bond acceptors (Lipinski definition) is 3. The van der Waals surface area contributed by atoms with Crippen molar-refractivity contribution in [2.45, 2.75) is 57.0 Å². The zero-order valence-electron chi connectivity index (χ0n) is 11.9. The second-order valence-electron chi connectivity index (χ2n) is 7.04. The van der Waals surface area contributed by atoms with Crippen molar-refractivity contribution < 1.29 is 10.0 Å². The van der Waals surface area contributed by atoms with E-state index in [1.165, 1.54) is 19.3 Å². The molecule has 2 amide bonds. The minimum Gasteiger partial charge on any atom is -0.409 e. The lowest BCUT2D eigenvalue weighted by Crippen LogP contribution is -2.62. The molecule has 20 heavy (non-hydrogen) atoms. The number of carbonyl (C=O) groups is 1. The van der Waals surface area contributed by atoms with E-state index >= 15 is 0 Å². The normalized spacial score (nSPS) is 40.5. The van der Waals surface area contributed by atoms with E-state index in [4.69, 9.17) is 10.9 Å². The molecule has 6 nitrogen and oxygen atoms in total. The third-order valence-corrected chi connectivity index (χ3v) is 5.32. The van der Waals surface area contributed by atoms with Crippen molar-refractivity contribution in [3.63, 3.8) is 0 Å². The monoisotopic (exact) mass is 280 g/mol. The quantitative estimate of drug-likeness (QED) is 0.272. The number of hydrogen-bond donors (Lipinski definition) is 4. The number of amides is 2. The van der Waals surface area contributed by atoms with Crippen molar-refractivity contribution in [2.75, 3.05) is 0 Å². The second-order valence-corrected chi connectivity index (χ2v) is 7.04. The zero-order chi connectivity index (χ0) is 14.3. The number of nitrogens with zero attached hydrogens (tertiary/aromatic N) is 1. The van der Waals surface area contributed by atoms with Gasteiger partial charge in [0, 0.05) is 5.54 Å². The lowest BCUT2D eigenvalue weighted by atomic mass is 9.53. The molecule has 0 heterocycles. The van der Waals surface area contributed by atoms with E-state index in [1.54, 1.807) is 6.92 Å². The molecule has 1 unspecified atom stereocenters. The smallest absolute Gasteiger partial charge is 0.315 e. The molecule has 4 fully saturated rings. The van der Waals surface area contributed by atoms with E-state index < -0.39 is 6.04 Å². The molecule has 4 bridgehead atoms. The molecule has 0 aromatic heterocycles. The highest BCUT2D eigenvalue weighted by Crippen LogP contribution is 2.55. The fourth-order valence-corrected chi connectivity index (χ4v) is 4.90. The molecule has 4 aliphatic carbocycles. The van der Waals surface area contributed by atoms with Crippen LogP contribution < -0.4 is 16.4 Å². The number of nitrogens with two attached hydrogens (primary N) is 1. The van der Waals surface area contributed by atoms with Crippen LogP contribution in [0.1, 0.15) is 45.4 Å². The third kappa shape index (κ3) is 2.43. The Morgan fingerprint density at radius 3 is 2.20 bits per heavy atom. The number of urea groups is 1. The summed E-state index contributed by atoms with van der Waals surface area (Å²) in [7, 11) is 0. The van der Waals surface area contributed by atoms with Gasteiger partial charge in [-0.15, -0.1) is 0 Å². The Morgan fingerprint density at radius 1 is 1.25 bits per heavy atom. The Morgan fingerprint density at radius 2 is 1.75 bits per heavy atom. The first kappa shape index (κ1) is 13.5. The Hall–Kier alpha value is -1.46. The summed E-state index contributed by atoms with van der Waals surface area (Å²) >= 11 is 0. The molecule has 0 aromatic rings. The van der Waals surface area contributed by atoms with Gasteiger partial charge in [0.1, 0.15) is 0 Å². The molecule has 4 rings (SSSR count). The zero-order valence-corrected chi connectivity index (χ0v) is 11.9. The maximum absolute atomic E-state index is 12.1. The largest absolute Gasteiger partial charge is 0.409 e. The fourth-order valence-electron chi connectivity index (χ4n) is 4.90. The molecule has 0 aromatic carbocycles. The van der Waals surface area contributed by atoms with Gasteiger partial charge in [0.15, 0.2) is 5.84 Å². The standard InChI is InChI=1S/C14H24N4O2/c1-8(12(15)18-20)16-13(19)17-14-5-9-2-10(6-14)4-11(3-9)7-14/h8-11,20H,2-7H2,1H3,(H2,15,18)(H2,16,17,19). The summed E-state index contributed by atoms with van der Waals surface area (Å²) in [5, 5.41) is 17.5.